The van der Waals surface area contributed by atoms with E-state index in [1.807, 2.05) is 64.1 Å². The van der Waals surface area contributed by atoms with E-state index in [1.165, 1.54) is 6.07 Å². The van der Waals surface area contributed by atoms with Gasteiger partial charge in [-0.15, -0.1) is 0 Å². The van der Waals surface area contributed by atoms with Crippen LogP contribution in [0.25, 0.3) is 0 Å². The van der Waals surface area contributed by atoms with Gasteiger partial charge in [0.1, 0.15) is 6.10 Å². The minimum absolute atomic E-state index is 0.0962. The van der Waals surface area contributed by atoms with Crippen LogP contribution in [0.4, 0.5) is 5.69 Å². The van der Waals surface area contributed by atoms with E-state index in [0.717, 1.165) is 0 Å². The van der Waals surface area contributed by atoms with Crippen LogP contribution in [0.5, 0.6) is 0 Å². The van der Waals surface area contributed by atoms with Crippen molar-refractivity contribution < 1.29 is 24.0 Å². The van der Waals surface area contributed by atoms with Gasteiger partial charge >= 0.3 is 11.9 Å². The summed E-state index contributed by atoms with van der Waals surface area (Å²) in [5.74, 6) is -1.02. The number of carbonyl (C=O) groups excluding carboxylic acids is 2. The second-order valence-corrected chi connectivity index (χ2v) is 11.0. The molecule has 1 saturated heterocycles. The molecule has 2 aliphatic rings. The molecule has 1 saturated carbocycles. The monoisotopic (exact) mass is 515 g/mol. The van der Waals surface area contributed by atoms with Gasteiger partial charge in [-0.1, -0.05) is 34.6 Å². The van der Waals surface area contributed by atoms with E-state index in [2.05, 4.69) is 0 Å². The molecule has 0 amide bonds. The topological polar surface area (TPSA) is 95.7 Å². The summed E-state index contributed by atoms with van der Waals surface area (Å²) < 4.78 is 12.3. The molecule has 1 aromatic rings. The average Bonchev–Trinajstić information content (AvgIpc) is 2.89. The first-order valence-corrected chi connectivity index (χ1v) is 10.6. The zero-order chi connectivity index (χ0) is 22.0. The smallest absolute Gasteiger partial charge is 0.351 e. The fraction of sp³-hybridized carbons (Fsp3) is 0.619. The molecule has 1 aliphatic carbocycles. The van der Waals surface area contributed by atoms with Crippen molar-refractivity contribution in [1.82, 2.24) is 0 Å². The highest BCUT2D eigenvalue weighted by Gasteiger charge is 2.76. The van der Waals surface area contributed by atoms with Crippen LogP contribution in [0.3, 0.4) is 0 Å². The van der Waals surface area contributed by atoms with Gasteiger partial charge in [-0.2, -0.15) is 0 Å². The van der Waals surface area contributed by atoms with Gasteiger partial charge in [0, 0.05) is 20.5 Å². The number of halogens is 1. The normalized spacial score (nSPS) is 28.7. The van der Waals surface area contributed by atoms with Crippen LogP contribution in [0.1, 0.15) is 66.1 Å². The quantitative estimate of drug-likeness (QED) is 0.244. The van der Waals surface area contributed by atoms with Gasteiger partial charge in [-0.25, -0.2) is 4.79 Å². The molecular weight excluding hydrogens is 489 g/mol. The van der Waals surface area contributed by atoms with Crippen LogP contribution in [0.2, 0.25) is 0 Å². The van der Waals surface area contributed by atoms with Gasteiger partial charge in [-0.3, -0.25) is 14.9 Å². The van der Waals surface area contributed by atoms with Gasteiger partial charge < -0.3 is 9.47 Å². The zero-order valence-electron chi connectivity index (χ0n) is 17.5. The second-order valence-electron chi connectivity index (χ2n) is 9.79. The Bertz CT molecular complexity index is 905. The summed E-state index contributed by atoms with van der Waals surface area (Å²) in [5, 5.41) is 11.7. The Morgan fingerprint density at radius 1 is 1.28 bits per heavy atom. The number of nitrogens with zero attached hydrogens (tertiary/aromatic N) is 1. The van der Waals surface area contributed by atoms with E-state index in [-0.39, 0.29) is 5.69 Å². The average molecular weight is 515 g/mol. The highest BCUT2D eigenvalue weighted by molar-refractivity contribution is 14.1. The van der Waals surface area contributed by atoms with Crippen LogP contribution in [0.15, 0.2) is 18.2 Å². The number of nitro groups is 1. The third-order valence-corrected chi connectivity index (χ3v) is 7.57. The Hall–Kier alpha value is -1.71. The third kappa shape index (κ3) is 3.05. The summed E-state index contributed by atoms with van der Waals surface area (Å²) in [5.41, 5.74) is -3.25. The molecule has 2 fully saturated rings. The maximum Gasteiger partial charge on any atom is 0.351 e. The minimum Gasteiger partial charge on any atom is -0.454 e. The standard InChI is InChI=1S/C21H26INO6/c1-18(2,3)15(13-8-7-12(22)11-14(13)23(26)27)28-17(25)21-10-9-20(6,16(24)29-21)19(21,4)5/h7-8,11,15H,9-10H2,1-6H3/t15?,20-,21+/m0/s1. The summed E-state index contributed by atoms with van der Waals surface area (Å²) in [6.07, 6.45) is 0.0496. The van der Waals surface area contributed by atoms with Crippen molar-refractivity contribution >= 4 is 40.2 Å². The molecule has 3 atom stereocenters. The number of ether oxygens (including phenoxy) is 2. The molecule has 1 aliphatic heterocycles. The van der Waals surface area contributed by atoms with Crippen LogP contribution in [0, 0.1) is 29.9 Å². The SMILES string of the molecule is CC(C)(C)C(OC(=O)[C@@]12CC[C@@](C)(C(=O)O1)C2(C)C)c1ccc(I)cc1[N+](=O)[O-]. The fourth-order valence-electron chi connectivity index (χ4n) is 4.51. The van der Waals surface area contributed by atoms with Gasteiger partial charge in [0.25, 0.3) is 5.69 Å². The van der Waals surface area contributed by atoms with Crippen LogP contribution in [-0.2, 0) is 19.1 Å². The Labute approximate surface area is 183 Å². The Balaban J connectivity index is 2.04. The maximum atomic E-state index is 13.4. The predicted molar refractivity (Wildman–Crippen MR) is 114 cm³/mol. The van der Waals surface area contributed by atoms with E-state index in [9.17, 15) is 19.7 Å². The lowest BCUT2D eigenvalue weighted by Gasteiger charge is -2.38. The number of hydrogen-bond acceptors (Lipinski definition) is 6. The lowest BCUT2D eigenvalue weighted by Crippen LogP contribution is -2.49. The molecule has 29 heavy (non-hydrogen) atoms. The highest BCUT2D eigenvalue weighted by atomic mass is 127. The first kappa shape index (κ1) is 22.0. The number of esters is 2. The Morgan fingerprint density at radius 3 is 2.34 bits per heavy atom. The molecular formula is C21H26INO6. The lowest BCUT2D eigenvalue weighted by molar-refractivity contribution is -0.386. The number of rotatable bonds is 4. The minimum atomic E-state index is -1.37. The molecule has 7 nitrogen and oxygen atoms in total. The van der Waals surface area contributed by atoms with Gasteiger partial charge in [0.15, 0.2) is 0 Å². The van der Waals surface area contributed by atoms with Crippen LogP contribution < -0.4 is 0 Å². The first-order chi connectivity index (χ1) is 13.2. The summed E-state index contributed by atoms with van der Waals surface area (Å²) in [6, 6.07) is 4.85. The van der Waals surface area contributed by atoms with Crippen LogP contribution in [-0.4, -0.2) is 22.5 Å². The fourth-order valence-corrected chi connectivity index (χ4v) is 4.98. The van der Waals surface area contributed by atoms with Gasteiger partial charge in [-0.05, 0) is 54.5 Å². The maximum absolute atomic E-state index is 13.4. The van der Waals surface area contributed by atoms with Crippen molar-refractivity contribution in [2.75, 3.05) is 0 Å². The summed E-state index contributed by atoms with van der Waals surface area (Å²) in [6.45, 7) is 11.1. The predicted octanol–water partition coefficient (Wildman–Crippen LogP) is 4.95. The summed E-state index contributed by atoms with van der Waals surface area (Å²) >= 11 is 2.01. The molecule has 0 radical (unpaired) electrons. The molecule has 3 rings (SSSR count). The van der Waals surface area contributed by atoms with Crippen LogP contribution >= 0.6 is 22.6 Å². The highest BCUT2D eigenvalue weighted by Crippen LogP contribution is 2.66. The van der Waals surface area contributed by atoms with Crippen molar-refractivity contribution in [2.45, 2.75) is 66.1 Å². The van der Waals surface area contributed by atoms with E-state index in [4.69, 9.17) is 9.47 Å². The van der Waals surface area contributed by atoms with E-state index >= 15 is 0 Å². The van der Waals surface area contributed by atoms with Crippen molar-refractivity contribution in [3.63, 3.8) is 0 Å². The van der Waals surface area contributed by atoms with Crippen molar-refractivity contribution in [3.05, 3.63) is 37.4 Å². The van der Waals surface area contributed by atoms with Crippen molar-refractivity contribution in [1.29, 1.82) is 0 Å². The summed E-state index contributed by atoms with van der Waals surface area (Å²) in [4.78, 5) is 37.1. The van der Waals surface area contributed by atoms with Gasteiger partial charge in [0.2, 0.25) is 5.60 Å². The molecule has 2 bridgehead atoms. The van der Waals surface area contributed by atoms with Crippen molar-refractivity contribution in [2.24, 2.45) is 16.2 Å². The van der Waals surface area contributed by atoms with Gasteiger partial charge in [0.05, 0.1) is 15.9 Å². The number of nitro benzene ring substituents is 1. The second kappa shape index (κ2) is 6.65. The Kier molecular flexibility index (Phi) is 5.04. The molecule has 1 heterocycles. The molecule has 0 N–H and O–H groups in total. The van der Waals surface area contributed by atoms with Crippen molar-refractivity contribution in [3.8, 4) is 0 Å². The number of hydrogen-bond donors (Lipinski definition) is 0. The first-order valence-electron chi connectivity index (χ1n) is 9.56. The number of fused-ring (bicyclic) bond motifs is 2. The van der Waals surface area contributed by atoms with E-state index in [0.29, 0.717) is 22.0 Å². The largest absolute Gasteiger partial charge is 0.454 e. The molecule has 1 unspecified atom stereocenters. The third-order valence-electron chi connectivity index (χ3n) is 6.90. The lowest BCUT2D eigenvalue weighted by atomic mass is 9.66. The Morgan fingerprint density at radius 2 is 1.90 bits per heavy atom. The molecule has 1 aromatic carbocycles. The van der Waals surface area contributed by atoms with E-state index < -0.39 is 44.8 Å². The molecule has 158 valence electrons. The van der Waals surface area contributed by atoms with E-state index in [1.54, 1.807) is 12.1 Å². The zero-order valence-corrected chi connectivity index (χ0v) is 19.7. The molecule has 0 aromatic heterocycles. The number of benzene rings is 1. The summed E-state index contributed by atoms with van der Waals surface area (Å²) in [7, 11) is 0. The molecule has 8 heteroatoms. The number of carbonyl (C=O) groups is 2. The molecule has 0 spiro atoms.